The minimum absolute atomic E-state index is 0. The molecular formula is C14H14CuF4O8. The monoisotopic (exact) mass is 449 g/mol. The van der Waals surface area contributed by atoms with Crippen LogP contribution in [0.25, 0.3) is 0 Å². The van der Waals surface area contributed by atoms with Crippen molar-refractivity contribution in [1.82, 2.24) is 0 Å². The third kappa shape index (κ3) is 14.5. The van der Waals surface area contributed by atoms with E-state index in [1.54, 1.807) is 0 Å². The van der Waals surface area contributed by atoms with Crippen molar-refractivity contribution in [2.75, 3.05) is 13.2 Å². The first-order valence-electron chi connectivity index (χ1n) is 6.73. The van der Waals surface area contributed by atoms with E-state index in [2.05, 4.69) is 9.47 Å². The first kappa shape index (κ1) is 29.4. The Hall–Kier alpha value is -2.40. The Bertz CT molecular complexity index is 525. The average molecular weight is 450 g/mol. The first-order chi connectivity index (χ1) is 12.0. The van der Waals surface area contributed by atoms with Gasteiger partial charge in [0, 0.05) is 0 Å². The molecule has 27 heavy (non-hydrogen) atoms. The summed E-state index contributed by atoms with van der Waals surface area (Å²) in [6, 6.07) is 0. The van der Waals surface area contributed by atoms with Crippen molar-refractivity contribution in [1.29, 1.82) is 0 Å². The first-order valence-corrected chi connectivity index (χ1v) is 6.73. The summed E-state index contributed by atoms with van der Waals surface area (Å²) in [5.74, 6) is -8.75. The van der Waals surface area contributed by atoms with Crippen molar-refractivity contribution in [3.63, 3.8) is 0 Å². The molecule has 0 unspecified atom stereocenters. The third-order valence-electron chi connectivity index (χ3n) is 1.93. The fourth-order valence-electron chi connectivity index (χ4n) is 0.907. The number of allylic oxidation sites excluding steroid dienone is 2. The van der Waals surface area contributed by atoms with Gasteiger partial charge in [0.1, 0.15) is 0 Å². The van der Waals surface area contributed by atoms with Crippen LogP contribution in [-0.2, 0) is 45.7 Å². The van der Waals surface area contributed by atoms with Gasteiger partial charge in [0.15, 0.2) is 0 Å². The van der Waals surface area contributed by atoms with Crippen LogP contribution in [0.3, 0.4) is 0 Å². The number of halogens is 4. The summed E-state index contributed by atoms with van der Waals surface area (Å²) < 4.78 is 54.5. The number of ether oxygens (including phenoxy) is 2. The van der Waals surface area contributed by atoms with Gasteiger partial charge in [-0.15, -0.1) is 0 Å². The van der Waals surface area contributed by atoms with Gasteiger partial charge in [-0.25, -0.2) is 27.2 Å². The maximum absolute atomic E-state index is 11.6. The number of carbonyl (C=O) groups is 4. The standard InChI is InChI=1S/2C7H8F2O4.Cu/c2*1-2-13-7(12)5(11)3-4(10)6(8)9;/h2*3,6,10H,2H2,1H3;/q;;+2/p-2/b2*4-3-;. The normalized spacial score (nSPS) is 11.1. The van der Waals surface area contributed by atoms with Crippen molar-refractivity contribution in [3.05, 3.63) is 23.7 Å². The molecule has 13 heteroatoms. The Balaban J connectivity index is -0.000000411. The fraction of sp³-hybridized carbons (Fsp3) is 0.429. The maximum atomic E-state index is 11.6. The molecule has 0 bridgehead atoms. The quantitative estimate of drug-likeness (QED) is 0.118. The number of esters is 2. The van der Waals surface area contributed by atoms with Crippen molar-refractivity contribution in [2.24, 2.45) is 0 Å². The largest absolute Gasteiger partial charge is 2.00 e. The summed E-state index contributed by atoms with van der Waals surface area (Å²) in [5.41, 5.74) is 0. The van der Waals surface area contributed by atoms with Gasteiger partial charge in [0.2, 0.25) is 12.9 Å². The molecule has 1 radical (unpaired) electrons. The number of alkyl halides is 4. The van der Waals surface area contributed by atoms with E-state index in [0.717, 1.165) is 0 Å². The van der Waals surface area contributed by atoms with Crippen LogP contribution in [0.4, 0.5) is 17.6 Å². The van der Waals surface area contributed by atoms with Crippen LogP contribution < -0.4 is 10.2 Å². The average Bonchev–Trinajstić information content (AvgIpc) is 2.55. The topological polar surface area (TPSA) is 133 Å². The molecule has 8 nitrogen and oxygen atoms in total. The van der Waals surface area contributed by atoms with Crippen molar-refractivity contribution < 1.29 is 73.5 Å². The van der Waals surface area contributed by atoms with Gasteiger partial charge in [0.25, 0.3) is 11.6 Å². The molecule has 0 amide bonds. The minimum atomic E-state index is -3.28. The van der Waals surface area contributed by atoms with Crippen LogP contribution in [-0.4, -0.2) is 49.6 Å². The third-order valence-corrected chi connectivity index (χ3v) is 1.93. The molecule has 0 rings (SSSR count). The number of hydrogen-bond donors (Lipinski definition) is 0. The Morgan fingerprint density at radius 1 is 0.778 bits per heavy atom. The van der Waals surface area contributed by atoms with Gasteiger partial charge in [-0.3, -0.25) is 9.59 Å². The van der Waals surface area contributed by atoms with E-state index in [1.807, 2.05) is 0 Å². The van der Waals surface area contributed by atoms with E-state index in [4.69, 9.17) is 0 Å². The van der Waals surface area contributed by atoms with E-state index >= 15 is 0 Å². The maximum Gasteiger partial charge on any atom is 2.00 e. The van der Waals surface area contributed by atoms with Crippen LogP contribution in [0.1, 0.15) is 13.8 Å². The Morgan fingerprint density at radius 3 is 1.22 bits per heavy atom. The molecule has 0 N–H and O–H groups in total. The van der Waals surface area contributed by atoms with Gasteiger partial charge in [-0.1, -0.05) is 11.5 Å². The molecule has 0 atom stereocenters. The zero-order valence-corrected chi connectivity index (χ0v) is 14.7. The minimum Gasteiger partial charge on any atom is -0.872 e. The van der Waals surface area contributed by atoms with Crippen LogP contribution >= 0.6 is 0 Å². The van der Waals surface area contributed by atoms with Gasteiger partial charge >= 0.3 is 29.0 Å². The van der Waals surface area contributed by atoms with E-state index in [-0.39, 0.29) is 42.4 Å². The Morgan fingerprint density at radius 2 is 1.04 bits per heavy atom. The molecule has 0 aromatic rings. The van der Waals surface area contributed by atoms with Crippen LogP contribution in [0.15, 0.2) is 23.7 Å². The fourth-order valence-corrected chi connectivity index (χ4v) is 0.907. The number of hydrogen-bond acceptors (Lipinski definition) is 8. The number of ketones is 2. The molecule has 0 heterocycles. The molecule has 0 fully saturated rings. The van der Waals surface area contributed by atoms with Crippen molar-refractivity contribution in [2.45, 2.75) is 26.7 Å². The van der Waals surface area contributed by atoms with Gasteiger partial charge in [-0.2, -0.15) is 0 Å². The van der Waals surface area contributed by atoms with Crippen molar-refractivity contribution >= 4 is 23.5 Å². The summed E-state index contributed by atoms with van der Waals surface area (Å²) in [4.78, 5) is 42.1. The predicted molar refractivity (Wildman–Crippen MR) is 71.5 cm³/mol. The van der Waals surface area contributed by atoms with Crippen molar-refractivity contribution in [3.8, 4) is 0 Å². The zero-order chi connectivity index (χ0) is 20.9. The van der Waals surface area contributed by atoms with Gasteiger partial charge in [-0.05, 0) is 26.0 Å². The smallest absolute Gasteiger partial charge is 0.872 e. The second-order valence-electron chi connectivity index (χ2n) is 3.86. The summed E-state index contributed by atoms with van der Waals surface area (Å²) >= 11 is 0. The van der Waals surface area contributed by atoms with E-state index in [9.17, 15) is 47.0 Å². The second-order valence-corrected chi connectivity index (χ2v) is 3.86. The molecule has 0 aromatic heterocycles. The molecule has 0 saturated carbocycles. The van der Waals surface area contributed by atoms with Gasteiger partial charge < -0.3 is 19.7 Å². The van der Waals surface area contributed by atoms with Gasteiger partial charge in [0.05, 0.1) is 13.2 Å². The molecule has 157 valence electrons. The molecule has 0 aliphatic carbocycles. The van der Waals surface area contributed by atoms with Crippen LogP contribution in [0.5, 0.6) is 0 Å². The molecule has 0 aromatic carbocycles. The second kappa shape index (κ2) is 15.8. The molecule has 0 saturated heterocycles. The Kier molecular flexibility index (Phi) is 17.2. The SMILES string of the molecule is CCOC(=O)C(=O)/C=C(\[O-])C(F)F.CCOC(=O)C(=O)/C=C(\[O-])C(F)F.[Cu+2]. The Labute approximate surface area is 161 Å². The van der Waals surface area contributed by atoms with E-state index in [1.165, 1.54) is 13.8 Å². The van der Waals surface area contributed by atoms with Crippen LogP contribution in [0.2, 0.25) is 0 Å². The molecule has 0 aliphatic heterocycles. The number of rotatable bonds is 8. The summed E-state index contributed by atoms with van der Waals surface area (Å²) in [5, 5.41) is 20.5. The summed E-state index contributed by atoms with van der Waals surface area (Å²) in [7, 11) is 0. The molecule has 0 spiro atoms. The van der Waals surface area contributed by atoms with E-state index < -0.39 is 47.9 Å². The summed E-state index contributed by atoms with van der Waals surface area (Å²) in [6.07, 6.45) is -6.50. The van der Waals surface area contributed by atoms with E-state index in [0.29, 0.717) is 0 Å². The predicted octanol–water partition coefficient (Wildman–Crippen LogP) is -0.747. The zero-order valence-electron chi connectivity index (χ0n) is 13.8. The molecule has 0 aliphatic rings. The molecular weight excluding hydrogens is 436 g/mol. The number of carbonyl (C=O) groups excluding carboxylic acids is 4. The summed E-state index contributed by atoms with van der Waals surface area (Å²) in [6.45, 7) is 2.78. The van der Waals surface area contributed by atoms with Crippen LogP contribution in [0, 0.1) is 0 Å².